The number of rotatable bonds is 21. The molecule has 5 amide bonds. The van der Waals surface area contributed by atoms with Crippen LogP contribution in [0.25, 0.3) is 0 Å². The van der Waals surface area contributed by atoms with E-state index in [9.17, 15) is 28.8 Å². The van der Waals surface area contributed by atoms with E-state index < -0.39 is 44.3 Å². The topological polar surface area (TPSA) is 195 Å². The Morgan fingerprint density at radius 2 is 1.62 bits per heavy atom. The van der Waals surface area contributed by atoms with Crippen LogP contribution in [0.1, 0.15) is 99.8 Å². The number of carbonyl (C=O) groups excluding carboxylic acids is 6. The molecule has 0 radical (unpaired) electrons. The number of anilines is 1. The molecule has 0 saturated carbocycles. The smallest absolute Gasteiger partial charge is 0.411 e. The van der Waals surface area contributed by atoms with E-state index in [1.54, 1.807) is 41.3 Å². The maximum Gasteiger partial charge on any atom is 0.411 e. The standard InChI is InChI=1S/C46H67N5O9Si/c1-12-20-58-41(53)25-36(29(2)3)42(54)49-38(14-13-19-48-44(47)56)40(52)24-33-15-17-34(18-16-33)27-59-45(57)50-39-23-32(6)31(5)22-37(39)43(55)51-26-30(4)21-35(51)28-60-61(10,11)46(7,8)9/h12,15-18,22-23,26,29,35-36,38H,1,13-14,19-21,24-25,27-28H2,2-11H3,(H,49,54)(H,50,57)(H3,47,48,56)/t35-,36-,38-/m0/s1. The number of nitrogens with two attached hydrogens (primary N) is 1. The molecule has 0 bridgehead atoms. The zero-order valence-electron chi connectivity index (χ0n) is 37.7. The molecule has 15 heteroatoms. The Kier molecular flexibility index (Phi) is 18.5. The van der Waals surface area contributed by atoms with Gasteiger partial charge in [0.15, 0.2) is 14.1 Å². The lowest BCUT2D eigenvalue weighted by Gasteiger charge is -2.38. The number of nitrogens with zero attached hydrogens (tertiary/aromatic N) is 1. The second-order valence-corrected chi connectivity index (χ2v) is 22.6. The maximum atomic E-state index is 14.2. The van der Waals surface area contributed by atoms with Crippen LogP contribution in [0.5, 0.6) is 0 Å². The number of ether oxygens (including phenoxy) is 2. The number of Topliss-reactive ketones (excluding diaryl/α,β-unsaturated/α-hetero) is 1. The predicted molar refractivity (Wildman–Crippen MR) is 239 cm³/mol. The molecule has 334 valence electrons. The molecular formula is C46H67N5O9Si. The van der Waals surface area contributed by atoms with Crippen molar-refractivity contribution in [2.24, 2.45) is 17.6 Å². The maximum absolute atomic E-state index is 14.2. The van der Waals surface area contributed by atoms with Gasteiger partial charge in [-0.2, -0.15) is 0 Å². The first-order chi connectivity index (χ1) is 28.5. The van der Waals surface area contributed by atoms with E-state index in [1.807, 2.05) is 40.8 Å². The number of aryl methyl sites for hydroxylation is 2. The number of esters is 1. The van der Waals surface area contributed by atoms with Crippen LogP contribution in [-0.4, -0.2) is 80.8 Å². The van der Waals surface area contributed by atoms with Crippen molar-refractivity contribution in [3.05, 3.63) is 88.6 Å². The molecule has 1 aliphatic rings. The molecule has 0 spiro atoms. The highest BCUT2D eigenvalue weighted by Gasteiger charge is 2.39. The second-order valence-electron chi connectivity index (χ2n) is 17.8. The van der Waals surface area contributed by atoms with Crippen LogP contribution < -0.4 is 21.7 Å². The van der Waals surface area contributed by atoms with Crippen molar-refractivity contribution in [1.82, 2.24) is 15.5 Å². The summed E-state index contributed by atoms with van der Waals surface area (Å²) in [5.41, 5.74) is 10.1. The third kappa shape index (κ3) is 15.3. The van der Waals surface area contributed by atoms with Crippen molar-refractivity contribution in [3.63, 3.8) is 0 Å². The fraction of sp³-hybridized carbons (Fsp3) is 0.522. The summed E-state index contributed by atoms with van der Waals surface area (Å²) in [6.45, 7) is 24.5. The van der Waals surface area contributed by atoms with E-state index in [1.165, 1.54) is 6.08 Å². The number of amides is 5. The first-order valence-corrected chi connectivity index (χ1v) is 23.8. The molecule has 0 unspecified atom stereocenters. The summed E-state index contributed by atoms with van der Waals surface area (Å²) in [7, 11) is -2.06. The highest BCUT2D eigenvalue weighted by molar-refractivity contribution is 6.74. The second kappa shape index (κ2) is 22.5. The van der Waals surface area contributed by atoms with Crippen LogP contribution in [0.3, 0.4) is 0 Å². The molecule has 1 aliphatic heterocycles. The Hall–Kier alpha value is -5.28. The number of nitrogens with one attached hydrogen (secondary N) is 3. The summed E-state index contributed by atoms with van der Waals surface area (Å²) in [6, 6.07) is 8.77. The van der Waals surface area contributed by atoms with E-state index in [4.69, 9.17) is 19.6 Å². The number of carbonyl (C=O) groups is 6. The fourth-order valence-corrected chi connectivity index (χ4v) is 7.53. The van der Waals surface area contributed by atoms with Crippen LogP contribution in [0, 0.1) is 25.7 Å². The van der Waals surface area contributed by atoms with Crippen molar-refractivity contribution in [2.75, 3.05) is 25.1 Å². The average molecular weight is 862 g/mol. The Morgan fingerprint density at radius 3 is 2.23 bits per heavy atom. The van der Waals surface area contributed by atoms with Gasteiger partial charge in [0.05, 0.1) is 42.3 Å². The van der Waals surface area contributed by atoms with Gasteiger partial charge in [-0.25, -0.2) is 9.59 Å². The minimum absolute atomic E-state index is 0.0118. The molecule has 0 aliphatic carbocycles. The van der Waals surface area contributed by atoms with Gasteiger partial charge in [-0.1, -0.05) is 77.1 Å². The molecule has 0 aromatic heterocycles. The minimum atomic E-state index is -2.06. The number of urea groups is 1. The number of hydrogen-bond donors (Lipinski definition) is 4. The van der Waals surface area contributed by atoms with Gasteiger partial charge in [0, 0.05) is 19.2 Å². The summed E-state index contributed by atoms with van der Waals surface area (Å²) in [4.78, 5) is 79.6. The van der Waals surface area contributed by atoms with Gasteiger partial charge in [-0.15, -0.1) is 0 Å². The SMILES string of the molecule is C=CCOC(=O)C[C@H](C(=O)N[C@@H](CCCNC(N)=O)C(=O)Cc1ccc(COC(=O)Nc2cc(C)c(C)cc2C(=O)N2C=C(C)C[C@H]2CO[Si](C)(C)C(C)(C)C)cc1)C(C)C. The molecule has 2 aromatic carbocycles. The molecule has 2 aromatic rings. The van der Waals surface area contributed by atoms with Crippen LogP contribution in [0.15, 0.2) is 60.8 Å². The van der Waals surface area contributed by atoms with E-state index in [0.29, 0.717) is 41.8 Å². The quantitative estimate of drug-likeness (QED) is 0.0422. The van der Waals surface area contributed by atoms with Gasteiger partial charge in [-0.05, 0) is 98.5 Å². The van der Waals surface area contributed by atoms with Gasteiger partial charge in [0.25, 0.3) is 5.91 Å². The van der Waals surface area contributed by atoms with E-state index in [-0.39, 0.29) is 67.7 Å². The Morgan fingerprint density at radius 1 is 0.984 bits per heavy atom. The van der Waals surface area contributed by atoms with Crippen LogP contribution in [0.2, 0.25) is 18.1 Å². The first-order valence-electron chi connectivity index (χ1n) is 20.9. The van der Waals surface area contributed by atoms with Crippen molar-refractivity contribution in [2.45, 2.75) is 124 Å². The van der Waals surface area contributed by atoms with E-state index >= 15 is 0 Å². The zero-order valence-corrected chi connectivity index (χ0v) is 38.7. The number of hydrogen-bond acceptors (Lipinski definition) is 9. The van der Waals surface area contributed by atoms with Gasteiger partial charge in [0.2, 0.25) is 5.91 Å². The fourth-order valence-electron chi connectivity index (χ4n) is 6.49. The largest absolute Gasteiger partial charge is 0.461 e. The van der Waals surface area contributed by atoms with Gasteiger partial charge >= 0.3 is 18.1 Å². The lowest BCUT2D eigenvalue weighted by Crippen LogP contribution is -2.46. The lowest BCUT2D eigenvalue weighted by atomic mass is 9.90. The third-order valence-corrected chi connectivity index (χ3v) is 15.9. The Balaban J connectivity index is 1.68. The van der Waals surface area contributed by atoms with Crippen LogP contribution in [0.4, 0.5) is 15.3 Å². The van der Waals surface area contributed by atoms with Crippen molar-refractivity contribution >= 4 is 49.7 Å². The van der Waals surface area contributed by atoms with Gasteiger partial charge in [0.1, 0.15) is 13.2 Å². The van der Waals surface area contributed by atoms with Crippen molar-refractivity contribution < 1.29 is 42.7 Å². The highest BCUT2D eigenvalue weighted by Crippen LogP contribution is 2.37. The molecule has 14 nitrogen and oxygen atoms in total. The lowest BCUT2D eigenvalue weighted by molar-refractivity contribution is -0.146. The number of primary amides is 1. The molecule has 3 rings (SSSR count). The van der Waals surface area contributed by atoms with E-state index in [0.717, 1.165) is 16.7 Å². The number of benzene rings is 2. The van der Waals surface area contributed by atoms with Crippen LogP contribution >= 0.6 is 0 Å². The van der Waals surface area contributed by atoms with Crippen LogP contribution in [-0.2, 0) is 41.3 Å². The van der Waals surface area contributed by atoms with Crippen molar-refractivity contribution in [3.8, 4) is 0 Å². The summed E-state index contributed by atoms with van der Waals surface area (Å²) in [5.74, 6) is -2.44. The minimum Gasteiger partial charge on any atom is -0.461 e. The van der Waals surface area contributed by atoms with Gasteiger partial charge in [-0.3, -0.25) is 24.5 Å². The molecular weight excluding hydrogens is 795 g/mol. The zero-order chi connectivity index (χ0) is 45.7. The number of ketones is 1. The summed E-state index contributed by atoms with van der Waals surface area (Å²) >= 11 is 0. The molecule has 0 fully saturated rings. The molecule has 61 heavy (non-hydrogen) atoms. The first kappa shape index (κ1) is 50.1. The highest BCUT2D eigenvalue weighted by atomic mass is 28.4. The Bertz CT molecular complexity index is 1940. The Labute approximate surface area is 362 Å². The van der Waals surface area contributed by atoms with E-state index in [2.05, 4.69) is 56.4 Å². The molecule has 3 atom stereocenters. The normalized spacial score (nSPS) is 15.0. The summed E-state index contributed by atoms with van der Waals surface area (Å²) < 4.78 is 17.2. The monoisotopic (exact) mass is 861 g/mol. The average Bonchev–Trinajstić information content (AvgIpc) is 3.56. The molecule has 5 N–H and O–H groups in total. The predicted octanol–water partition coefficient (Wildman–Crippen LogP) is 7.63. The molecule has 0 saturated heterocycles. The van der Waals surface area contributed by atoms with Gasteiger partial charge < -0.3 is 35.2 Å². The van der Waals surface area contributed by atoms with Crippen molar-refractivity contribution in [1.29, 1.82) is 0 Å². The molecule has 1 heterocycles. The summed E-state index contributed by atoms with van der Waals surface area (Å²) in [5, 5.41) is 8.14. The summed E-state index contributed by atoms with van der Waals surface area (Å²) in [6.07, 6.45) is 3.70. The third-order valence-electron chi connectivity index (χ3n) is 11.4.